The predicted molar refractivity (Wildman–Crippen MR) is 90.9 cm³/mol. The number of nitrogens with one attached hydrogen (secondary N) is 2. The summed E-state index contributed by atoms with van der Waals surface area (Å²) in [4.78, 5) is 23.7. The fourth-order valence-electron chi connectivity index (χ4n) is 2.18. The summed E-state index contributed by atoms with van der Waals surface area (Å²) in [5, 5.41) is 0. The predicted octanol–water partition coefficient (Wildman–Crippen LogP) is 3.20. The molecule has 0 fully saturated rings. The van der Waals surface area contributed by atoms with Crippen LogP contribution in [-0.2, 0) is 11.2 Å². The summed E-state index contributed by atoms with van der Waals surface area (Å²) in [6.45, 7) is 4.20. The number of hydrogen-bond acceptors (Lipinski definition) is 2. The van der Waals surface area contributed by atoms with Crippen LogP contribution < -0.4 is 10.9 Å². The SMILES string of the molecule is CC(C)c1ccc(C(=O)NNC(=O)CCc2ccccc2)cc1. The normalized spacial score (nSPS) is 10.4. The number of rotatable bonds is 5. The Hall–Kier alpha value is -2.62. The Morgan fingerprint density at radius 2 is 1.57 bits per heavy atom. The van der Waals surface area contributed by atoms with Crippen LogP contribution in [0.2, 0.25) is 0 Å². The molecule has 0 saturated heterocycles. The topological polar surface area (TPSA) is 58.2 Å². The molecule has 0 saturated carbocycles. The Bertz CT molecular complexity index is 649. The largest absolute Gasteiger partial charge is 0.273 e. The van der Waals surface area contributed by atoms with Crippen molar-refractivity contribution in [2.75, 3.05) is 0 Å². The number of hydrazine groups is 1. The molecule has 4 nitrogen and oxygen atoms in total. The Morgan fingerprint density at radius 3 is 2.17 bits per heavy atom. The van der Waals surface area contributed by atoms with E-state index in [1.807, 2.05) is 42.5 Å². The number of aryl methyl sites for hydroxylation is 1. The monoisotopic (exact) mass is 310 g/mol. The summed E-state index contributed by atoms with van der Waals surface area (Å²) in [6, 6.07) is 17.2. The van der Waals surface area contributed by atoms with E-state index in [1.165, 1.54) is 5.56 Å². The molecule has 0 heterocycles. The molecule has 0 aliphatic carbocycles. The third-order valence-corrected chi connectivity index (χ3v) is 3.64. The fraction of sp³-hybridized carbons (Fsp3) is 0.263. The van der Waals surface area contributed by atoms with E-state index in [0.717, 1.165) is 5.56 Å². The highest BCUT2D eigenvalue weighted by atomic mass is 16.2. The molecule has 0 atom stereocenters. The van der Waals surface area contributed by atoms with Gasteiger partial charge in [-0.2, -0.15) is 0 Å². The Labute approximate surface area is 136 Å². The van der Waals surface area contributed by atoms with Crippen molar-refractivity contribution in [3.63, 3.8) is 0 Å². The van der Waals surface area contributed by atoms with Gasteiger partial charge in [0.25, 0.3) is 5.91 Å². The molecule has 2 amide bonds. The van der Waals surface area contributed by atoms with Crippen molar-refractivity contribution in [3.8, 4) is 0 Å². The summed E-state index contributed by atoms with van der Waals surface area (Å²) in [5.41, 5.74) is 7.69. The zero-order valence-electron chi connectivity index (χ0n) is 13.5. The molecule has 2 aromatic carbocycles. The van der Waals surface area contributed by atoms with Crippen molar-refractivity contribution >= 4 is 11.8 Å². The van der Waals surface area contributed by atoms with E-state index in [1.54, 1.807) is 12.1 Å². The van der Waals surface area contributed by atoms with Crippen LogP contribution in [0, 0.1) is 0 Å². The minimum Gasteiger partial charge on any atom is -0.273 e. The summed E-state index contributed by atoms with van der Waals surface area (Å²) >= 11 is 0. The summed E-state index contributed by atoms with van der Waals surface area (Å²) in [5.74, 6) is -0.0980. The highest BCUT2D eigenvalue weighted by molar-refractivity contribution is 5.95. The molecule has 0 spiro atoms. The molecule has 0 aliphatic heterocycles. The van der Waals surface area contributed by atoms with Gasteiger partial charge in [0.2, 0.25) is 5.91 Å². The highest BCUT2D eigenvalue weighted by Gasteiger charge is 2.08. The first-order valence-electron chi connectivity index (χ1n) is 7.79. The molecular weight excluding hydrogens is 288 g/mol. The van der Waals surface area contributed by atoms with Gasteiger partial charge in [-0.05, 0) is 35.6 Å². The van der Waals surface area contributed by atoms with E-state index < -0.39 is 0 Å². The molecule has 0 aromatic heterocycles. The Morgan fingerprint density at radius 1 is 0.913 bits per heavy atom. The number of carbonyl (C=O) groups excluding carboxylic acids is 2. The highest BCUT2D eigenvalue weighted by Crippen LogP contribution is 2.14. The zero-order chi connectivity index (χ0) is 16.7. The van der Waals surface area contributed by atoms with Crippen LogP contribution in [0.4, 0.5) is 0 Å². The maximum Gasteiger partial charge on any atom is 0.269 e. The van der Waals surface area contributed by atoms with E-state index >= 15 is 0 Å². The van der Waals surface area contributed by atoms with E-state index in [0.29, 0.717) is 24.3 Å². The third kappa shape index (κ3) is 5.25. The van der Waals surface area contributed by atoms with Crippen molar-refractivity contribution in [3.05, 3.63) is 71.3 Å². The molecule has 23 heavy (non-hydrogen) atoms. The fourth-order valence-corrected chi connectivity index (χ4v) is 2.18. The Balaban J connectivity index is 1.78. The standard InChI is InChI=1S/C19H22N2O2/c1-14(2)16-9-11-17(12-10-16)19(23)21-20-18(22)13-8-15-6-4-3-5-7-15/h3-7,9-12,14H,8,13H2,1-2H3,(H,20,22)(H,21,23). The Kier molecular flexibility index (Phi) is 5.92. The van der Waals surface area contributed by atoms with Crippen molar-refractivity contribution in [2.24, 2.45) is 0 Å². The van der Waals surface area contributed by atoms with Gasteiger partial charge in [-0.25, -0.2) is 0 Å². The molecule has 0 bridgehead atoms. The first-order valence-corrected chi connectivity index (χ1v) is 7.79. The second-order valence-electron chi connectivity index (χ2n) is 5.76. The minimum atomic E-state index is -0.312. The molecular formula is C19H22N2O2. The quantitative estimate of drug-likeness (QED) is 0.833. The molecule has 4 heteroatoms. The molecule has 0 radical (unpaired) electrons. The lowest BCUT2D eigenvalue weighted by atomic mass is 10.0. The van der Waals surface area contributed by atoms with Gasteiger partial charge in [-0.1, -0.05) is 56.3 Å². The number of carbonyl (C=O) groups is 2. The van der Waals surface area contributed by atoms with E-state index in [9.17, 15) is 9.59 Å². The number of hydrogen-bond donors (Lipinski definition) is 2. The average Bonchev–Trinajstić information content (AvgIpc) is 2.58. The third-order valence-electron chi connectivity index (χ3n) is 3.64. The van der Waals surface area contributed by atoms with Gasteiger partial charge in [-0.3, -0.25) is 20.4 Å². The molecule has 120 valence electrons. The van der Waals surface area contributed by atoms with Gasteiger partial charge < -0.3 is 0 Å². The van der Waals surface area contributed by atoms with Crippen LogP contribution >= 0.6 is 0 Å². The van der Waals surface area contributed by atoms with Crippen molar-refractivity contribution in [1.82, 2.24) is 10.9 Å². The van der Waals surface area contributed by atoms with E-state index in [2.05, 4.69) is 24.7 Å². The summed E-state index contributed by atoms with van der Waals surface area (Å²) in [6.07, 6.45) is 0.974. The maximum atomic E-state index is 12.0. The second kappa shape index (κ2) is 8.13. The van der Waals surface area contributed by atoms with Crippen molar-refractivity contribution in [2.45, 2.75) is 32.6 Å². The average molecular weight is 310 g/mol. The first-order chi connectivity index (χ1) is 11.1. The van der Waals surface area contributed by atoms with Gasteiger partial charge in [0.05, 0.1) is 0 Å². The van der Waals surface area contributed by atoms with Gasteiger partial charge in [0.15, 0.2) is 0 Å². The van der Waals surface area contributed by atoms with Crippen LogP contribution in [-0.4, -0.2) is 11.8 Å². The first kappa shape index (κ1) is 16.7. The van der Waals surface area contributed by atoms with Crippen LogP contribution in [0.1, 0.15) is 47.7 Å². The van der Waals surface area contributed by atoms with Gasteiger partial charge in [-0.15, -0.1) is 0 Å². The van der Waals surface area contributed by atoms with E-state index in [-0.39, 0.29) is 11.8 Å². The van der Waals surface area contributed by atoms with Gasteiger partial charge >= 0.3 is 0 Å². The smallest absolute Gasteiger partial charge is 0.269 e. The van der Waals surface area contributed by atoms with Crippen LogP contribution in [0.15, 0.2) is 54.6 Å². The lowest BCUT2D eigenvalue weighted by Crippen LogP contribution is -2.41. The van der Waals surface area contributed by atoms with Crippen molar-refractivity contribution < 1.29 is 9.59 Å². The number of benzene rings is 2. The minimum absolute atomic E-state index is 0.207. The molecule has 0 unspecified atom stereocenters. The van der Waals surface area contributed by atoms with Gasteiger partial charge in [0.1, 0.15) is 0 Å². The molecule has 2 N–H and O–H groups in total. The molecule has 2 rings (SSSR count). The summed E-state index contributed by atoms with van der Waals surface area (Å²) < 4.78 is 0. The van der Waals surface area contributed by atoms with Crippen LogP contribution in [0.3, 0.4) is 0 Å². The molecule has 0 aliphatic rings. The van der Waals surface area contributed by atoms with Crippen LogP contribution in [0.25, 0.3) is 0 Å². The zero-order valence-corrected chi connectivity index (χ0v) is 13.5. The summed E-state index contributed by atoms with van der Waals surface area (Å²) in [7, 11) is 0. The van der Waals surface area contributed by atoms with Gasteiger partial charge in [0, 0.05) is 12.0 Å². The molecule has 2 aromatic rings. The maximum absolute atomic E-state index is 12.0. The van der Waals surface area contributed by atoms with Crippen molar-refractivity contribution in [1.29, 1.82) is 0 Å². The lowest BCUT2D eigenvalue weighted by molar-refractivity contribution is -0.121. The number of amides is 2. The van der Waals surface area contributed by atoms with Crippen LogP contribution in [0.5, 0.6) is 0 Å². The lowest BCUT2D eigenvalue weighted by Gasteiger charge is -2.09. The van der Waals surface area contributed by atoms with E-state index in [4.69, 9.17) is 0 Å². The second-order valence-corrected chi connectivity index (χ2v) is 5.76.